The van der Waals surface area contributed by atoms with E-state index in [2.05, 4.69) is 17.2 Å². The van der Waals surface area contributed by atoms with E-state index in [0.29, 0.717) is 24.5 Å². The Balaban J connectivity index is 1.82. The lowest BCUT2D eigenvalue weighted by molar-refractivity contribution is -0.125. The molecule has 0 spiro atoms. The maximum atomic E-state index is 12.0. The highest BCUT2D eigenvalue weighted by molar-refractivity contribution is 6.30. The van der Waals surface area contributed by atoms with Crippen molar-refractivity contribution in [1.29, 1.82) is 0 Å². The van der Waals surface area contributed by atoms with Gasteiger partial charge in [-0.05, 0) is 37.0 Å². The van der Waals surface area contributed by atoms with Gasteiger partial charge in [0.1, 0.15) is 0 Å². The molecule has 4 nitrogen and oxygen atoms in total. The highest BCUT2D eigenvalue weighted by Crippen LogP contribution is 2.12. The van der Waals surface area contributed by atoms with Crippen LogP contribution in [-0.4, -0.2) is 35.8 Å². The minimum absolute atomic E-state index is 0.00686. The number of hydrogen-bond donors (Lipinski definition) is 1. The fourth-order valence-electron chi connectivity index (χ4n) is 2.31. The summed E-state index contributed by atoms with van der Waals surface area (Å²) in [4.78, 5) is 25.3. The molecule has 110 valence electrons. The molecule has 2 amide bonds. The molecule has 1 aliphatic rings. The van der Waals surface area contributed by atoms with Gasteiger partial charge in [-0.2, -0.15) is 0 Å². The number of carbonyl (C=O) groups is 2. The lowest BCUT2D eigenvalue weighted by Gasteiger charge is -2.14. The van der Waals surface area contributed by atoms with Crippen LogP contribution in [0.3, 0.4) is 0 Å². The van der Waals surface area contributed by atoms with Crippen LogP contribution >= 0.6 is 11.6 Å². The molecule has 1 N–H and O–H groups in total. The third kappa shape index (κ3) is 4.51. The largest absolute Gasteiger partial charge is 0.351 e. The Bertz CT molecular complexity index is 587. The van der Waals surface area contributed by atoms with Gasteiger partial charge in [0.25, 0.3) is 5.91 Å². The second-order valence-electron chi connectivity index (χ2n) is 4.98. The van der Waals surface area contributed by atoms with Crippen molar-refractivity contribution in [2.24, 2.45) is 0 Å². The van der Waals surface area contributed by atoms with Crippen molar-refractivity contribution >= 4 is 23.4 Å². The molecule has 1 atom stereocenters. The number of likely N-dealkylation sites (tertiary alicyclic amines) is 1. The van der Waals surface area contributed by atoms with E-state index in [0.717, 1.165) is 12.0 Å². The zero-order valence-electron chi connectivity index (χ0n) is 11.9. The standard InChI is InChI=1S/C16H17ClN2O2/c1-2-3-16(21)19-9-8-14(11-19)18-15(20)10-12-4-6-13(17)7-5-12/h4-7,14H,8-11H2,1H3,(H,18,20). The maximum absolute atomic E-state index is 12.0. The summed E-state index contributed by atoms with van der Waals surface area (Å²) in [6, 6.07) is 7.21. The average Bonchev–Trinajstić information content (AvgIpc) is 2.90. The van der Waals surface area contributed by atoms with Crippen LogP contribution in [-0.2, 0) is 16.0 Å². The summed E-state index contributed by atoms with van der Waals surface area (Å²) < 4.78 is 0. The third-order valence-electron chi connectivity index (χ3n) is 3.35. The van der Waals surface area contributed by atoms with Crippen molar-refractivity contribution in [2.75, 3.05) is 13.1 Å². The van der Waals surface area contributed by atoms with Gasteiger partial charge in [0.2, 0.25) is 5.91 Å². The van der Waals surface area contributed by atoms with Gasteiger partial charge >= 0.3 is 0 Å². The summed E-state index contributed by atoms with van der Waals surface area (Å²) in [6.45, 7) is 2.80. The fourth-order valence-corrected chi connectivity index (χ4v) is 2.44. The monoisotopic (exact) mass is 304 g/mol. The summed E-state index contributed by atoms with van der Waals surface area (Å²) in [6.07, 6.45) is 1.08. The summed E-state index contributed by atoms with van der Waals surface area (Å²) in [5.41, 5.74) is 0.916. The molecular weight excluding hydrogens is 288 g/mol. The number of amides is 2. The van der Waals surface area contributed by atoms with Gasteiger partial charge in [0, 0.05) is 24.2 Å². The zero-order valence-corrected chi connectivity index (χ0v) is 12.6. The fraction of sp³-hybridized carbons (Fsp3) is 0.375. The predicted molar refractivity (Wildman–Crippen MR) is 81.7 cm³/mol. The highest BCUT2D eigenvalue weighted by atomic mass is 35.5. The molecule has 0 aliphatic carbocycles. The van der Waals surface area contributed by atoms with Crippen LogP contribution in [0.4, 0.5) is 0 Å². The van der Waals surface area contributed by atoms with Crippen molar-refractivity contribution in [3.8, 4) is 11.8 Å². The number of hydrogen-bond acceptors (Lipinski definition) is 2. The first-order valence-electron chi connectivity index (χ1n) is 6.84. The van der Waals surface area contributed by atoms with Gasteiger partial charge in [-0.1, -0.05) is 29.7 Å². The molecule has 0 saturated carbocycles. The Kier molecular flexibility index (Phi) is 5.24. The Morgan fingerprint density at radius 2 is 2.10 bits per heavy atom. The summed E-state index contributed by atoms with van der Waals surface area (Å²) in [7, 11) is 0. The van der Waals surface area contributed by atoms with E-state index in [1.54, 1.807) is 24.0 Å². The van der Waals surface area contributed by atoms with E-state index in [9.17, 15) is 9.59 Å². The van der Waals surface area contributed by atoms with Crippen molar-refractivity contribution in [3.05, 3.63) is 34.9 Å². The van der Waals surface area contributed by atoms with Crippen LogP contribution in [0.5, 0.6) is 0 Å². The third-order valence-corrected chi connectivity index (χ3v) is 3.60. The first-order chi connectivity index (χ1) is 10.1. The van der Waals surface area contributed by atoms with Crippen LogP contribution in [0.25, 0.3) is 0 Å². The molecule has 1 heterocycles. The Hall–Kier alpha value is -1.99. The van der Waals surface area contributed by atoms with E-state index in [-0.39, 0.29) is 17.9 Å². The maximum Gasteiger partial charge on any atom is 0.298 e. The number of nitrogens with one attached hydrogen (secondary N) is 1. The van der Waals surface area contributed by atoms with Crippen molar-refractivity contribution in [2.45, 2.75) is 25.8 Å². The number of halogens is 1. The predicted octanol–water partition coefficient (Wildman–Crippen LogP) is 1.62. The van der Waals surface area contributed by atoms with Crippen molar-refractivity contribution in [1.82, 2.24) is 10.2 Å². The highest BCUT2D eigenvalue weighted by Gasteiger charge is 2.26. The van der Waals surface area contributed by atoms with Crippen LogP contribution in [0, 0.1) is 11.8 Å². The second kappa shape index (κ2) is 7.14. The molecule has 1 unspecified atom stereocenters. The van der Waals surface area contributed by atoms with Crippen LogP contribution in [0.2, 0.25) is 5.02 Å². The average molecular weight is 305 g/mol. The lowest BCUT2D eigenvalue weighted by Crippen LogP contribution is -2.38. The zero-order chi connectivity index (χ0) is 15.2. The summed E-state index contributed by atoms with van der Waals surface area (Å²) >= 11 is 5.81. The first-order valence-corrected chi connectivity index (χ1v) is 7.21. The Morgan fingerprint density at radius 1 is 1.38 bits per heavy atom. The topological polar surface area (TPSA) is 49.4 Å². The Labute approximate surface area is 129 Å². The molecule has 1 fully saturated rings. The number of rotatable bonds is 3. The molecular formula is C16H17ClN2O2. The van der Waals surface area contributed by atoms with Crippen molar-refractivity contribution in [3.63, 3.8) is 0 Å². The molecule has 0 aromatic heterocycles. The molecule has 1 aromatic carbocycles. The van der Waals surface area contributed by atoms with Crippen LogP contribution < -0.4 is 5.32 Å². The molecule has 1 aromatic rings. The van der Waals surface area contributed by atoms with Crippen LogP contribution in [0.1, 0.15) is 18.9 Å². The number of benzene rings is 1. The molecule has 2 rings (SSSR count). The van der Waals surface area contributed by atoms with Gasteiger partial charge in [0.15, 0.2) is 0 Å². The summed E-state index contributed by atoms with van der Waals surface area (Å²) in [5.74, 6) is 4.90. The number of nitrogens with zero attached hydrogens (tertiary/aromatic N) is 1. The normalized spacial score (nSPS) is 17.0. The minimum atomic E-state index is -0.174. The molecule has 1 saturated heterocycles. The smallest absolute Gasteiger partial charge is 0.298 e. The minimum Gasteiger partial charge on any atom is -0.351 e. The second-order valence-corrected chi connectivity index (χ2v) is 5.42. The van der Waals surface area contributed by atoms with Gasteiger partial charge in [-0.25, -0.2) is 0 Å². The molecule has 21 heavy (non-hydrogen) atoms. The molecule has 0 radical (unpaired) electrons. The molecule has 1 aliphatic heterocycles. The quantitative estimate of drug-likeness (QED) is 0.863. The van der Waals surface area contributed by atoms with Gasteiger partial charge in [-0.15, -0.1) is 0 Å². The van der Waals surface area contributed by atoms with E-state index in [4.69, 9.17) is 11.6 Å². The van der Waals surface area contributed by atoms with Gasteiger partial charge in [-0.3, -0.25) is 9.59 Å². The summed E-state index contributed by atoms with van der Waals surface area (Å²) in [5, 5.41) is 3.61. The molecule has 5 heteroatoms. The first kappa shape index (κ1) is 15.4. The van der Waals surface area contributed by atoms with Gasteiger partial charge < -0.3 is 10.2 Å². The lowest BCUT2D eigenvalue weighted by atomic mass is 10.1. The molecule has 0 bridgehead atoms. The van der Waals surface area contributed by atoms with Gasteiger partial charge in [0.05, 0.1) is 6.42 Å². The van der Waals surface area contributed by atoms with Crippen LogP contribution in [0.15, 0.2) is 24.3 Å². The Morgan fingerprint density at radius 3 is 2.76 bits per heavy atom. The van der Waals surface area contributed by atoms with E-state index in [1.165, 1.54) is 0 Å². The van der Waals surface area contributed by atoms with E-state index in [1.807, 2.05) is 12.1 Å². The van der Waals surface area contributed by atoms with E-state index >= 15 is 0 Å². The number of carbonyl (C=O) groups excluding carboxylic acids is 2. The van der Waals surface area contributed by atoms with Crippen molar-refractivity contribution < 1.29 is 9.59 Å². The SMILES string of the molecule is CC#CC(=O)N1CCC(NC(=O)Cc2ccc(Cl)cc2)C1. The van der Waals surface area contributed by atoms with E-state index < -0.39 is 0 Å².